The number of hydrogen-bond acceptors (Lipinski definition) is 7. The molecule has 12 heteroatoms. The predicted octanol–water partition coefficient (Wildman–Crippen LogP) is 7.84. The topological polar surface area (TPSA) is 144 Å². The van der Waals surface area contributed by atoms with Crippen LogP contribution in [0.1, 0.15) is 91.1 Å². The van der Waals surface area contributed by atoms with Gasteiger partial charge in [-0.15, -0.1) is 0 Å². The molecule has 56 heavy (non-hydrogen) atoms. The molecule has 4 aromatic rings. The van der Waals surface area contributed by atoms with Crippen LogP contribution in [0.4, 0.5) is 11.4 Å². The van der Waals surface area contributed by atoms with Crippen LogP contribution < -0.4 is 15.5 Å². The average Bonchev–Trinajstić information content (AvgIpc) is 3.77. The van der Waals surface area contributed by atoms with Crippen molar-refractivity contribution in [3.05, 3.63) is 130 Å². The first-order valence-electron chi connectivity index (χ1n) is 18.8. The minimum atomic E-state index is -0.475. The lowest BCUT2D eigenvalue weighted by atomic mass is 10.1. The molecule has 0 unspecified atom stereocenters. The number of nitrogens with zero attached hydrogens (tertiary/aromatic N) is 4. The second-order valence-corrected chi connectivity index (χ2v) is 14.1. The molecule has 2 N–H and O–H groups in total. The molecular weight excluding hydrogens is 774 g/mol. The fourth-order valence-electron chi connectivity index (χ4n) is 6.65. The van der Waals surface area contributed by atoms with Crippen LogP contribution in [0.3, 0.4) is 0 Å². The number of anilines is 2. The van der Waals surface area contributed by atoms with Gasteiger partial charge in [0, 0.05) is 53.8 Å². The van der Waals surface area contributed by atoms with Gasteiger partial charge in [-0.25, -0.2) is 9.59 Å². The van der Waals surface area contributed by atoms with Crippen LogP contribution in [0.15, 0.2) is 107 Å². The summed E-state index contributed by atoms with van der Waals surface area (Å²) in [7, 11) is 2.63. The summed E-state index contributed by atoms with van der Waals surface area (Å²) in [5.74, 6) is -0.156. The maximum absolute atomic E-state index is 12.8. The van der Waals surface area contributed by atoms with Gasteiger partial charge in [-0.2, -0.15) is 9.98 Å². The van der Waals surface area contributed by atoms with E-state index in [1.807, 2.05) is 24.3 Å². The van der Waals surface area contributed by atoms with Crippen molar-refractivity contribution in [2.45, 2.75) is 51.4 Å². The molecule has 11 nitrogen and oxygen atoms in total. The van der Waals surface area contributed by atoms with Gasteiger partial charge in [0.1, 0.15) is 11.7 Å². The summed E-state index contributed by atoms with van der Waals surface area (Å²) in [6.45, 7) is 2.32. The zero-order valence-corrected chi connectivity index (χ0v) is 33.5. The number of aliphatic imine (C=N–C) groups is 2. The second-order valence-electron chi connectivity index (χ2n) is 13.3. The predicted molar refractivity (Wildman–Crippen MR) is 225 cm³/mol. The first kappa shape index (κ1) is 41.7. The fraction of sp³-hybridized carbons (Fsp3) is 0.318. The number of alkyl halides is 1. The first-order chi connectivity index (χ1) is 27.3. The third-order valence-corrected chi connectivity index (χ3v) is 10.1. The Morgan fingerprint density at radius 1 is 0.589 bits per heavy atom. The lowest BCUT2D eigenvalue weighted by Gasteiger charge is -2.20. The maximum Gasteiger partial charge on any atom is 0.337 e. The van der Waals surface area contributed by atoms with Crippen molar-refractivity contribution < 1.29 is 28.7 Å². The smallest absolute Gasteiger partial charge is 0.337 e. The molecule has 292 valence electrons. The zero-order valence-electron chi connectivity index (χ0n) is 31.9. The van der Waals surface area contributed by atoms with Crippen molar-refractivity contribution in [3.8, 4) is 0 Å². The van der Waals surface area contributed by atoms with Crippen LogP contribution in [0.5, 0.6) is 0 Å². The lowest BCUT2D eigenvalue weighted by molar-refractivity contribution is 0.0591. The minimum absolute atomic E-state index is 0.335. The van der Waals surface area contributed by atoms with Gasteiger partial charge in [-0.3, -0.25) is 9.59 Å². The van der Waals surface area contributed by atoms with Crippen molar-refractivity contribution >= 4 is 62.7 Å². The number of methoxy groups -OCH3 is 2. The fourth-order valence-corrected chi connectivity index (χ4v) is 7.04. The zero-order chi connectivity index (χ0) is 39.9. The Morgan fingerprint density at radius 3 is 1.45 bits per heavy atom. The summed E-state index contributed by atoms with van der Waals surface area (Å²) in [4.78, 5) is 62.0. The Labute approximate surface area is 336 Å². The highest BCUT2D eigenvalue weighted by molar-refractivity contribution is 9.09. The Bertz CT molecular complexity index is 1940. The first-order valence-corrected chi connectivity index (χ1v) is 20.0. The van der Waals surface area contributed by atoms with E-state index in [1.54, 1.807) is 36.4 Å². The number of carbonyl (C=O) groups is 4. The van der Waals surface area contributed by atoms with E-state index in [1.165, 1.54) is 31.9 Å². The number of hydrogen-bond donors (Lipinski definition) is 1. The van der Waals surface area contributed by atoms with Gasteiger partial charge in [0.05, 0.1) is 25.3 Å². The molecule has 0 fully saturated rings. The third-order valence-electron chi connectivity index (χ3n) is 9.51. The SMILES string of the molecule is COC(=O)c1cccc(C(=O)N=C2Cc3ccccc3N2CCCCCBr)c1.COC(=O)c1cccc(C(=O)N=C2Cc3ccccc3N2CCCCCN)c1. The van der Waals surface area contributed by atoms with Gasteiger partial charge in [0.2, 0.25) is 0 Å². The van der Waals surface area contributed by atoms with E-state index in [2.05, 4.69) is 60.0 Å². The number of rotatable bonds is 14. The molecule has 0 saturated carbocycles. The van der Waals surface area contributed by atoms with Gasteiger partial charge >= 0.3 is 11.9 Å². The average molecular weight is 823 g/mol. The number of amides is 2. The molecule has 0 saturated heterocycles. The number of amidine groups is 2. The Kier molecular flexibility index (Phi) is 15.6. The van der Waals surface area contributed by atoms with Crippen molar-refractivity contribution in [1.29, 1.82) is 0 Å². The summed E-state index contributed by atoms with van der Waals surface area (Å²) in [5.41, 5.74) is 11.6. The standard InChI is InChI=1S/C22H23BrN2O3.C22H25N3O3/c2*1-28-22(27)18-10-7-9-17(14-18)21(26)24-20-15-16-8-3-4-11-19(16)25(20)13-6-2-5-12-23/h3-4,7-11,14H,2,5-6,12-13,15H2,1H3;3-4,7-11,14H,2,5-6,12-13,15,23H2,1H3. The maximum atomic E-state index is 12.8. The van der Waals surface area contributed by atoms with Crippen molar-refractivity contribution in [1.82, 2.24) is 0 Å². The molecule has 4 aromatic carbocycles. The summed E-state index contributed by atoms with van der Waals surface area (Å²) in [5, 5.41) is 1.000. The minimum Gasteiger partial charge on any atom is -0.465 e. The van der Waals surface area contributed by atoms with E-state index in [4.69, 9.17) is 15.2 Å². The van der Waals surface area contributed by atoms with Crippen LogP contribution in [0.25, 0.3) is 0 Å². The normalized spacial score (nSPS) is 14.2. The number of para-hydroxylation sites is 2. The van der Waals surface area contributed by atoms with Gasteiger partial charge < -0.3 is 25.0 Å². The third kappa shape index (κ3) is 10.9. The number of carbonyl (C=O) groups excluding carboxylic acids is 4. The van der Waals surface area contributed by atoms with Gasteiger partial charge in [-0.05, 0) is 91.9 Å². The van der Waals surface area contributed by atoms with Crippen LogP contribution in [-0.4, -0.2) is 74.6 Å². The van der Waals surface area contributed by atoms with Gasteiger partial charge in [0.25, 0.3) is 11.8 Å². The van der Waals surface area contributed by atoms with Crippen molar-refractivity contribution in [2.75, 3.05) is 49.0 Å². The summed E-state index contributed by atoms with van der Waals surface area (Å²) in [6.07, 6.45) is 7.54. The Hall–Kier alpha value is -5.46. The number of fused-ring (bicyclic) bond motifs is 2. The molecule has 0 spiro atoms. The number of ether oxygens (including phenoxy) is 2. The van der Waals surface area contributed by atoms with Gasteiger partial charge in [0.15, 0.2) is 0 Å². The number of benzene rings is 4. The van der Waals surface area contributed by atoms with Crippen LogP contribution in [-0.2, 0) is 22.3 Å². The Morgan fingerprint density at radius 2 is 1.02 bits per heavy atom. The Balaban J connectivity index is 0.000000214. The van der Waals surface area contributed by atoms with E-state index in [0.29, 0.717) is 41.6 Å². The molecular formula is C44H48BrN5O6. The summed E-state index contributed by atoms with van der Waals surface area (Å²) in [6, 6.07) is 29.2. The molecule has 0 radical (unpaired) electrons. The number of halogens is 1. The number of nitrogens with two attached hydrogens (primary N) is 1. The number of unbranched alkanes of at least 4 members (excludes halogenated alkanes) is 4. The van der Waals surface area contributed by atoms with E-state index in [9.17, 15) is 19.2 Å². The largest absolute Gasteiger partial charge is 0.465 e. The molecule has 2 aliphatic rings. The van der Waals surface area contributed by atoms with E-state index in [0.717, 1.165) is 85.6 Å². The van der Waals surface area contributed by atoms with E-state index < -0.39 is 11.9 Å². The van der Waals surface area contributed by atoms with E-state index in [-0.39, 0.29) is 11.8 Å². The van der Waals surface area contributed by atoms with Gasteiger partial charge in [-0.1, -0.05) is 77.3 Å². The molecule has 2 aliphatic heterocycles. The highest BCUT2D eigenvalue weighted by Crippen LogP contribution is 2.31. The van der Waals surface area contributed by atoms with Crippen molar-refractivity contribution in [3.63, 3.8) is 0 Å². The second kappa shape index (κ2) is 21.0. The van der Waals surface area contributed by atoms with Crippen molar-refractivity contribution in [2.24, 2.45) is 15.7 Å². The quantitative estimate of drug-likeness (QED) is 0.0764. The summed E-state index contributed by atoms with van der Waals surface area (Å²) < 4.78 is 9.46. The lowest BCUT2D eigenvalue weighted by Crippen LogP contribution is -2.29. The van der Waals surface area contributed by atoms with Crippen LogP contribution in [0.2, 0.25) is 0 Å². The molecule has 2 amide bonds. The highest BCUT2D eigenvalue weighted by Gasteiger charge is 2.27. The summed E-state index contributed by atoms with van der Waals surface area (Å²) >= 11 is 3.47. The van der Waals surface area contributed by atoms with Crippen LogP contribution in [0, 0.1) is 0 Å². The molecule has 0 aromatic heterocycles. The number of esters is 2. The van der Waals surface area contributed by atoms with Crippen LogP contribution >= 0.6 is 15.9 Å². The van der Waals surface area contributed by atoms with E-state index >= 15 is 0 Å². The monoisotopic (exact) mass is 821 g/mol. The molecule has 6 rings (SSSR count). The highest BCUT2D eigenvalue weighted by atomic mass is 79.9. The molecule has 0 atom stereocenters. The molecule has 0 aliphatic carbocycles. The molecule has 0 bridgehead atoms. The molecule has 2 heterocycles.